The monoisotopic (exact) mass is 495 g/mol. The first-order valence-corrected chi connectivity index (χ1v) is 12.6. The molecule has 1 amide bonds. The first kappa shape index (κ1) is 23.3. The number of fused-ring (bicyclic) bond motifs is 2. The summed E-state index contributed by atoms with van der Waals surface area (Å²) >= 11 is 0. The van der Waals surface area contributed by atoms with E-state index in [9.17, 15) is 13.6 Å². The van der Waals surface area contributed by atoms with E-state index in [0.717, 1.165) is 58.0 Å². The highest BCUT2D eigenvalue weighted by atomic mass is 19.1. The molecule has 6 rings (SSSR count). The maximum Gasteiger partial charge on any atom is 0.251 e. The van der Waals surface area contributed by atoms with Gasteiger partial charge in [-0.05, 0) is 108 Å². The van der Waals surface area contributed by atoms with Gasteiger partial charge in [0.1, 0.15) is 17.5 Å². The van der Waals surface area contributed by atoms with Gasteiger partial charge in [-0.25, -0.2) is 13.8 Å². The lowest BCUT2D eigenvalue weighted by Crippen LogP contribution is -2.24. The molecule has 4 nitrogen and oxygen atoms in total. The number of nitrogen functional groups attached to an aromatic ring is 1. The van der Waals surface area contributed by atoms with Crippen molar-refractivity contribution in [1.29, 1.82) is 0 Å². The third-order valence-corrected chi connectivity index (χ3v) is 7.51. The van der Waals surface area contributed by atoms with Gasteiger partial charge in [-0.15, -0.1) is 0 Å². The Kier molecular flexibility index (Phi) is 5.75. The number of rotatable bonds is 5. The molecule has 3 aromatic carbocycles. The van der Waals surface area contributed by atoms with Crippen molar-refractivity contribution in [3.63, 3.8) is 0 Å². The minimum Gasteiger partial charge on any atom is -0.384 e. The number of hydrogen-bond donors (Lipinski definition) is 2. The molecule has 0 spiro atoms. The van der Waals surface area contributed by atoms with Gasteiger partial charge in [0.05, 0.1) is 0 Å². The Balaban J connectivity index is 1.19. The molecule has 37 heavy (non-hydrogen) atoms. The molecule has 0 unspecified atom stereocenters. The van der Waals surface area contributed by atoms with E-state index >= 15 is 0 Å². The van der Waals surface area contributed by atoms with Crippen LogP contribution in [0.3, 0.4) is 0 Å². The van der Waals surface area contributed by atoms with Gasteiger partial charge in [0.25, 0.3) is 5.91 Å². The van der Waals surface area contributed by atoms with Crippen LogP contribution in [0.2, 0.25) is 0 Å². The Bertz CT molecular complexity index is 1560. The maximum atomic E-state index is 14.3. The summed E-state index contributed by atoms with van der Waals surface area (Å²) in [5.74, 6) is -0.231. The molecule has 0 radical (unpaired) electrons. The highest BCUT2D eigenvalue weighted by Crippen LogP contribution is 2.42. The normalized spacial score (nSPS) is 14.1. The van der Waals surface area contributed by atoms with Crippen LogP contribution in [0.25, 0.3) is 11.1 Å². The van der Waals surface area contributed by atoms with Crippen LogP contribution in [-0.2, 0) is 19.4 Å². The SMILES string of the molecule is Cc1nc(N)cc(C2CC2)c1CNC(=O)c1ccc2c(c1)Cc1ccc(-c3ccc(F)cc3F)cc1C2. The molecule has 2 aliphatic rings. The number of pyridine rings is 1. The summed E-state index contributed by atoms with van der Waals surface area (Å²) in [5, 5.41) is 3.08. The quantitative estimate of drug-likeness (QED) is 0.304. The Morgan fingerprint density at radius 1 is 0.946 bits per heavy atom. The number of anilines is 1. The van der Waals surface area contributed by atoms with E-state index in [4.69, 9.17) is 5.73 Å². The van der Waals surface area contributed by atoms with Crippen molar-refractivity contribution in [1.82, 2.24) is 10.3 Å². The molecule has 0 saturated heterocycles. The average molecular weight is 496 g/mol. The van der Waals surface area contributed by atoms with E-state index in [1.54, 1.807) is 0 Å². The Hall–Kier alpha value is -4.06. The van der Waals surface area contributed by atoms with Gasteiger partial charge >= 0.3 is 0 Å². The number of aromatic nitrogens is 1. The molecular formula is C31H27F2N3O. The number of nitrogens with zero attached hydrogens (tertiary/aromatic N) is 1. The molecule has 0 bridgehead atoms. The molecule has 6 heteroatoms. The molecule has 1 saturated carbocycles. The molecule has 1 heterocycles. The zero-order valence-electron chi connectivity index (χ0n) is 20.6. The van der Waals surface area contributed by atoms with Crippen molar-refractivity contribution in [2.75, 3.05) is 5.73 Å². The van der Waals surface area contributed by atoms with Gasteiger partial charge in [-0.2, -0.15) is 0 Å². The van der Waals surface area contributed by atoms with Crippen molar-refractivity contribution >= 4 is 11.7 Å². The Morgan fingerprint density at radius 2 is 1.68 bits per heavy atom. The smallest absolute Gasteiger partial charge is 0.251 e. The molecule has 4 aromatic rings. The fraction of sp³-hybridized carbons (Fsp3) is 0.226. The summed E-state index contributed by atoms with van der Waals surface area (Å²) in [5.41, 5.74) is 15.4. The van der Waals surface area contributed by atoms with Gasteiger partial charge < -0.3 is 11.1 Å². The second kappa shape index (κ2) is 9.11. The average Bonchev–Trinajstić information content (AvgIpc) is 3.71. The van der Waals surface area contributed by atoms with Crippen LogP contribution in [-0.4, -0.2) is 10.9 Å². The number of nitrogens with one attached hydrogen (secondary N) is 1. The molecule has 1 aromatic heterocycles. The topological polar surface area (TPSA) is 68.0 Å². The van der Waals surface area contributed by atoms with E-state index in [-0.39, 0.29) is 5.91 Å². The zero-order valence-corrected chi connectivity index (χ0v) is 20.6. The summed E-state index contributed by atoms with van der Waals surface area (Å²) in [4.78, 5) is 17.5. The van der Waals surface area contributed by atoms with Crippen molar-refractivity contribution in [2.24, 2.45) is 0 Å². The van der Waals surface area contributed by atoms with E-state index in [1.165, 1.54) is 17.7 Å². The summed E-state index contributed by atoms with van der Waals surface area (Å²) in [7, 11) is 0. The minimum atomic E-state index is -0.586. The molecule has 2 aliphatic carbocycles. The molecule has 3 N–H and O–H groups in total. The molecular weight excluding hydrogens is 468 g/mol. The zero-order chi connectivity index (χ0) is 25.7. The van der Waals surface area contributed by atoms with Gasteiger partial charge in [0.2, 0.25) is 0 Å². The van der Waals surface area contributed by atoms with Crippen LogP contribution in [0.4, 0.5) is 14.6 Å². The maximum absolute atomic E-state index is 14.3. The number of benzene rings is 3. The highest BCUT2D eigenvalue weighted by Gasteiger charge is 2.28. The van der Waals surface area contributed by atoms with Crippen LogP contribution in [0.5, 0.6) is 0 Å². The van der Waals surface area contributed by atoms with Crippen LogP contribution < -0.4 is 11.1 Å². The number of hydrogen-bond acceptors (Lipinski definition) is 3. The van der Waals surface area contributed by atoms with Gasteiger partial charge in [0, 0.05) is 29.4 Å². The van der Waals surface area contributed by atoms with E-state index in [0.29, 0.717) is 42.2 Å². The molecule has 1 fully saturated rings. The molecule has 0 atom stereocenters. The second-order valence-corrected chi connectivity index (χ2v) is 10.1. The summed E-state index contributed by atoms with van der Waals surface area (Å²) in [6, 6.07) is 17.3. The predicted molar refractivity (Wildman–Crippen MR) is 140 cm³/mol. The predicted octanol–water partition coefficient (Wildman–Crippen LogP) is 6.22. The van der Waals surface area contributed by atoms with E-state index < -0.39 is 11.6 Å². The summed E-state index contributed by atoms with van der Waals surface area (Å²) in [6.07, 6.45) is 3.70. The number of carbonyl (C=O) groups excluding carboxylic acids is 1. The lowest BCUT2D eigenvalue weighted by Gasteiger charge is -2.21. The number of carbonyl (C=O) groups is 1. The summed E-state index contributed by atoms with van der Waals surface area (Å²) in [6.45, 7) is 2.36. The standard InChI is InChI=1S/C31H27F2N3O/c1-17-28(27(18-2-3-18)15-30(34)36-17)16-35-31(37)22-7-5-20-10-23-12-21(6-4-19(23)11-24(20)13-22)26-9-8-25(32)14-29(26)33/h4-9,12-15,18H,2-3,10-11,16H2,1H3,(H2,34,36)(H,35,37). The second-order valence-electron chi connectivity index (χ2n) is 10.1. The lowest BCUT2D eigenvalue weighted by molar-refractivity contribution is 0.0950. The van der Waals surface area contributed by atoms with Crippen LogP contribution >= 0.6 is 0 Å². The molecule has 186 valence electrons. The number of nitrogens with two attached hydrogens (primary N) is 1. The van der Waals surface area contributed by atoms with Gasteiger partial charge in [0.15, 0.2) is 0 Å². The third kappa shape index (κ3) is 4.59. The van der Waals surface area contributed by atoms with E-state index in [2.05, 4.69) is 10.3 Å². The minimum absolute atomic E-state index is 0.117. The van der Waals surface area contributed by atoms with Crippen LogP contribution in [0.15, 0.2) is 60.7 Å². The van der Waals surface area contributed by atoms with Crippen LogP contribution in [0.1, 0.15) is 68.2 Å². The van der Waals surface area contributed by atoms with Gasteiger partial charge in [-0.1, -0.05) is 24.3 Å². The fourth-order valence-electron chi connectivity index (χ4n) is 5.38. The number of amides is 1. The van der Waals surface area contributed by atoms with Crippen molar-refractivity contribution in [3.8, 4) is 11.1 Å². The fourth-order valence-corrected chi connectivity index (χ4v) is 5.38. The van der Waals surface area contributed by atoms with E-state index in [1.807, 2.05) is 49.4 Å². The van der Waals surface area contributed by atoms with Gasteiger partial charge in [-0.3, -0.25) is 4.79 Å². The first-order valence-electron chi connectivity index (χ1n) is 12.6. The number of halogens is 2. The van der Waals surface area contributed by atoms with Crippen molar-refractivity contribution < 1.29 is 13.6 Å². The highest BCUT2D eigenvalue weighted by molar-refractivity contribution is 5.94. The third-order valence-electron chi connectivity index (χ3n) is 7.51. The Labute approximate surface area is 214 Å². The van der Waals surface area contributed by atoms with Crippen molar-refractivity contribution in [2.45, 2.75) is 45.1 Å². The molecule has 0 aliphatic heterocycles. The lowest BCUT2D eigenvalue weighted by atomic mass is 9.83. The first-order chi connectivity index (χ1) is 17.9. The van der Waals surface area contributed by atoms with Crippen LogP contribution in [0, 0.1) is 18.6 Å². The largest absolute Gasteiger partial charge is 0.384 e. The van der Waals surface area contributed by atoms with Crippen molar-refractivity contribution in [3.05, 3.63) is 117 Å². The Morgan fingerprint density at radius 3 is 2.41 bits per heavy atom. The summed E-state index contributed by atoms with van der Waals surface area (Å²) < 4.78 is 27.7. The number of aryl methyl sites for hydroxylation is 1.